The van der Waals surface area contributed by atoms with E-state index in [0.29, 0.717) is 11.4 Å². The minimum absolute atomic E-state index is 0.0321. The molecule has 24 heavy (non-hydrogen) atoms. The molecule has 0 bridgehead atoms. The zero-order valence-electron chi connectivity index (χ0n) is 13.2. The Morgan fingerprint density at radius 1 is 1.08 bits per heavy atom. The molecule has 0 heterocycles. The molecule has 1 amide bonds. The molecule has 0 spiro atoms. The highest BCUT2D eigenvalue weighted by Gasteiger charge is 2.45. The normalized spacial score (nSPS) is 15.2. The number of benzene rings is 2. The van der Waals surface area contributed by atoms with Crippen molar-refractivity contribution in [3.8, 4) is 5.75 Å². The Hall–Kier alpha value is -2.82. The molecule has 0 atom stereocenters. The maximum atomic E-state index is 12.8. The van der Waals surface area contributed by atoms with Gasteiger partial charge in [0.25, 0.3) is 0 Å². The summed E-state index contributed by atoms with van der Waals surface area (Å²) in [5, 5.41) is 11.6. The standard InChI is InChI=1S/C19H19NO4/c21-17(22)13-24-16-9-4-8-15(12-16)20-18(23)19(10-5-11-19)14-6-2-1-3-7-14/h1-4,6-9,12H,5,10-11,13H2,(H,20,23)(H,21,22). The summed E-state index contributed by atoms with van der Waals surface area (Å²) in [6, 6.07) is 16.6. The smallest absolute Gasteiger partial charge is 0.341 e. The maximum Gasteiger partial charge on any atom is 0.341 e. The van der Waals surface area contributed by atoms with E-state index >= 15 is 0 Å². The van der Waals surface area contributed by atoms with Gasteiger partial charge in [0.15, 0.2) is 6.61 Å². The molecule has 0 saturated heterocycles. The summed E-state index contributed by atoms with van der Waals surface area (Å²) in [4.78, 5) is 23.4. The van der Waals surface area contributed by atoms with Crippen LogP contribution in [0.3, 0.4) is 0 Å². The third-order valence-electron chi connectivity index (χ3n) is 4.42. The predicted octanol–water partition coefficient (Wildman–Crippen LogP) is 3.21. The van der Waals surface area contributed by atoms with Crippen molar-refractivity contribution in [3.05, 3.63) is 60.2 Å². The van der Waals surface area contributed by atoms with E-state index in [4.69, 9.17) is 9.84 Å². The van der Waals surface area contributed by atoms with Gasteiger partial charge >= 0.3 is 5.97 Å². The molecule has 1 saturated carbocycles. The summed E-state index contributed by atoms with van der Waals surface area (Å²) in [7, 11) is 0. The fourth-order valence-electron chi connectivity index (χ4n) is 2.99. The van der Waals surface area contributed by atoms with Crippen molar-refractivity contribution in [3.63, 3.8) is 0 Å². The van der Waals surface area contributed by atoms with Crippen LogP contribution in [0.1, 0.15) is 24.8 Å². The molecule has 0 aliphatic heterocycles. The van der Waals surface area contributed by atoms with Gasteiger partial charge in [0, 0.05) is 11.8 Å². The van der Waals surface area contributed by atoms with Gasteiger partial charge < -0.3 is 15.2 Å². The first kappa shape index (κ1) is 16.1. The monoisotopic (exact) mass is 325 g/mol. The Labute approximate surface area is 140 Å². The zero-order valence-corrected chi connectivity index (χ0v) is 13.2. The fourth-order valence-corrected chi connectivity index (χ4v) is 2.99. The van der Waals surface area contributed by atoms with Gasteiger partial charge in [-0.1, -0.05) is 42.8 Å². The molecule has 3 rings (SSSR count). The molecular weight excluding hydrogens is 306 g/mol. The quantitative estimate of drug-likeness (QED) is 0.855. The first-order valence-electron chi connectivity index (χ1n) is 7.92. The largest absolute Gasteiger partial charge is 0.482 e. The van der Waals surface area contributed by atoms with Gasteiger partial charge in [-0.15, -0.1) is 0 Å². The number of hydrogen-bond acceptors (Lipinski definition) is 3. The molecular formula is C19H19NO4. The second kappa shape index (κ2) is 6.74. The first-order chi connectivity index (χ1) is 11.6. The van der Waals surface area contributed by atoms with Gasteiger partial charge in [-0.05, 0) is 30.5 Å². The Morgan fingerprint density at radius 2 is 1.83 bits per heavy atom. The predicted molar refractivity (Wildman–Crippen MR) is 90.2 cm³/mol. The Bertz CT molecular complexity index is 738. The van der Waals surface area contributed by atoms with Crippen molar-refractivity contribution in [1.29, 1.82) is 0 Å². The van der Waals surface area contributed by atoms with Crippen LogP contribution in [-0.4, -0.2) is 23.6 Å². The number of hydrogen-bond donors (Lipinski definition) is 2. The Morgan fingerprint density at radius 3 is 2.46 bits per heavy atom. The third kappa shape index (κ3) is 3.25. The Kier molecular flexibility index (Phi) is 4.51. The number of ether oxygens (including phenoxy) is 1. The number of carbonyl (C=O) groups is 2. The molecule has 1 fully saturated rings. The minimum Gasteiger partial charge on any atom is -0.482 e. The number of amides is 1. The van der Waals surface area contributed by atoms with Crippen molar-refractivity contribution < 1.29 is 19.4 Å². The summed E-state index contributed by atoms with van der Waals surface area (Å²) in [5.74, 6) is -0.658. The van der Waals surface area contributed by atoms with Gasteiger partial charge in [0.1, 0.15) is 5.75 Å². The molecule has 0 unspecified atom stereocenters. The average Bonchev–Trinajstić information content (AvgIpc) is 2.53. The summed E-state index contributed by atoms with van der Waals surface area (Å²) >= 11 is 0. The lowest BCUT2D eigenvalue weighted by Gasteiger charge is -2.40. The summed E-state index contributed by atoms with van der Waals surface area (Å²) < 4.78 is 5.15. The number of aliphatic carboxylic acids is 1. The van der Waals surface area contributed by atoms with Gasteiger partial charge in [-0.3, -0.25) is 4.79 Å². The molecule has 1 aliphatic carbocycles. The fraction of sp³-hybridized carbons (Fsp3) is 0.263. The second-order valence-electron chi connectivity index (χ2n) is 5.97. The maximum absolute atomic E-state index is 12.8. The van der Waals surface area contributed by atoms with E-state index < -0.39 is 18.0 Å². The highest BCUT2D eigenvalue weighted by Crippen LogP contribution is 2.44. The molecule has 2 N–H and O–H groups in total. The van der Waals surface area contributed by atoms with Crippen molar-refractivity contribution in [1.82, 2.24) is 0 Å². The van der Waals surface area contributed by atoms with E-state index in [1.807, 2.05) is 30.3 Å². The van der Waals surface area contributed by atoms with Crippen molar-refractivity contribution in [2.75, 3.05) is 11.9 Å². The van der Waals surface area contributed by atoms with Crippen LogP contribution in [0.15, 0.2) is 54.6 Å². The molecule has 5 heteroatoms. The van der Waals surface area contributed by atoms with Crippen LogP contribution in [-0.2, 0) is 15.0 Å². The van der Waals surface area contributed by atoms with Crippen LogP contribution in [0, 0.1) is 0 Å². The van der Waals surface area contributed by atoms with E-state index in [0.717, 1.165) is 24.8 Å². The number of carboxylic acid groups (broad SMARTS) is 1. The lowest BCUT2D eigenvalue weighted by Crippen LogP contribution is -2.45. The number of nitrogens with one attached hydrogen (secondary N) is 1. The van der Waals surface area contributed by atoms with Gasteiger partial charge in [-0.2, -0.15) is 0 Å². The topological polar surface area (TPSA) is 75.6 Å². The summed E-state index contributed by atoms with van der Waals surface area (Å²) in [6.45, 7) is -0.411. The highest BCUT2D eigenvalue weighted by atomic mass is 16.5. The molecule has 1 aliphatic rings. The molecule has 2 aromatic rings. The van der Waals surface area contributed by atoms with Crippen LogP contribution in [0.4, 0.5) is 5.69 Å². The average molecular weight is 325 g/mol. The van der Waals surface area contributed by atoms with Gasteiger partial charge in [0.2, 0.25) is 5.91 Å². The SMILES string of the molecule is O=C(O)COc1cccc(NC(=O)C2(c3ccccc3)CCC2)c1. The van der Waals surface area contributed by atoms with Crippen LogP contribution >= 0.6 is 0 Å². The first-order valence-corrected chi connectivity index (χ1v) is 7.92. The van der Waals surface area contributed by atoms with Crippen LogP contribution in [0.5, 0.6) is 5.75 Å². The lowest BCUT2D eigenvalue weighted by atomic mass is 9.64. The van der Waals surface area contributed by atoms with Crippen LogP contribution < -0.4 is 10.1 Å². The van der Waals surface area contributed by atoms with E-state index in [-0.39, 0.29) is 5.91 Å². The number of carboxylic acids is 1. The molecule has 0 radical (unpaired) electrons. The van der Waals surface area contributed by atoms with Crippen molar-refractivity contribution in [2.24, 2.45) is 0 Å². The van der Waals surface area contributed by atoms with E-state index in [2.05, 4.69) is 5.32 Å². The molecule has 5 nitrogen and oxygen atoms in total. The molecule has 2 aromatic carbocycles. The van der Waals surface area contributed by atoms with E-state index in [9.17, 15) is 9.59 Å². The summed E-state index contributed by atoms with van der Waals surface area (Å²) in [6.07, 6.45) is 2.69. The van der Waals surface area contributed by atoms with Crippen LogP contribution in [0.2, 0.25) is 0 Å². The third-order valence-corrected chi connectivity index (χ3v) is 4.42. The second-order valence-corrected chi connectivity index (χ2v) is 5.97. The summed E-state index contributed by atoms with van der Waals surface area (Å²) in [5.41, 5.74) is 1.16. The van der Waals surface area contributed by atoms with Gasteiger partial charge in [0.05, 0.1) is 5.41 Å². The number of rotatable bonds is 6. The minimum atomic E-state index is -1.04. The van der Waals surface area contributed by atoms with Crippen molar-refractivity contribution >= 4 is 17.6 Å². The van der Waals surface area contributed by atoms with E-state index in [1.165, 1.54) is 0 Å². The molecule has 124 valence electrons. The van der Waals surface area contributed by atoms with Crippen molar-refractivity contribution in [2.45, 2.75) is 24.7 Å². The zero-order chi connectivity index (χ0) is 17.0. The lowest BCUT2D eigenvalue weighted by molar-refractivity contribution is -0.139. The number of carbonyl (C=O) groups excluding carboxylic acids is 1. The van der Waals surface area contributed by atoms with Gasteiger partial charge in [-0.25, -0.2) is 4.79 Å². The molecule has 0 aromatic heterocycles. The highest BCUT2D eigenvalue weighted by molar-refractivity contribution is 6.00. The number of anilines is 1. The Balaban J connectivity index is 1.74. The van der Waals surface area contributed by atoms with Crippen LogP contribution in [0.25, 0.3) is 0 Å². The van der Waals surface area contributed by atoms with E-state index in [1.54, 1.807) is 24.3 Å².